The molecule has 0 N–H and O–H groups in total. The number of nitrogens with zero attached hydrogens (tertiary/aromatic N) is 1. The number of hydrogen-bond acceptors (Lipinski definition) is 4. The quantitative estimate of drug-likeness (QED) is 0.349. The van der Waals surface area contributed by atoms with E-state index < -0.39 is 10.2 Å². The van der Waals surface area contributed by atoms with Crippen molar-refractivity contribution in [2.75, 3.05) is 0 Å². The fraction of sp³-hybridized carbons (Fsp3) is 0.133. The summed E-state index contributed by atoms with van der Waals surface area (Å²) in [5, 5.41) is 11.1. The lowest BCUT2D eigenvalue weighted by Gasteiger charge is -2.10. The first kappa shape index (κ1) is 15.5. The topological polar surface area (TPSA) is 60.2 Å². The molecule has 0 spiro atoms. The Morgan fingerprint density at radius 1 is 1.19 bits per heavy atom. The van der Waals surface area contributed by atoms with Gasteiger partial charge in [-0.25, -0.2) is 0 Å². The average molecular weight is 322 g/mol. The molecule has 108 valence electrons. The second kappa shape index (κ2) is 6.74. The van der Waals surface area contributed by atoms with Gasteiger partial charge in [-0.05, 0) is 37.3 Å². The third-order valence-electron chi connectivity index (χ3n) is 2.86. The summed E-state index contributed by atoms with van der Waals surface area (Å²) in [7, 11) is 0. The number of thioether (sulfide) groups is 1. The van der Waals surface area contributed by atoms with E-state index in [1.54, 1.807) is 49.4 Å². The largest absolute Gasteiger partial charge is 0.293 e. The summed E-state index contributed by atoms with van der Waals surface area (Å²) in [5.74, 6) is -0.0881. The molecular weight excluding hydrogens is 310 g/mol. The van der Waals surface area contributed by atoms with Gasteiger partial charge in [-0.1, -0.05) is 23.7 Å². The molecule has 0 bridgehead atoms. The molecule has 0 fully saturated rings. The Bertz CT molecular complexity index is 673. The van der Waals surface area contributed by atoms with E-state index >= 15 is 0 Å². The zero-order chi connectivity index (χ0) is 15.4. The van der Waals surface area contributed by atoms with Crippen molar-refractivity contribution in [1.82, 2.24) is 0 Å². The van der Waals surface area contributed by atoms with E-state index in [2.05, 4.69) is 0 Å². The molecule has 2 aromatic rings. The lowest BCUT2D eigenvalue weighted by molar-refractivity contribution is -0.387. The van der Waals surface area contributed by atoms with Gasteiger partial charge in [0.1, 0.15) is 0 Å². The van der Waals surface area contributed by atoms with Crippen LogP contribution in [0.1, 0.15) is 17.3 Å². The molecule has 1 unspecified atom stereocenters. The number of para-hydroxylation sites is 1. The number of rotatable bonds is 5. The van der Waals surface area contributed by atoms with E-state index in [4.69, 9.17) is 11.6 Å². The SMILES string of the molecule is CC(Sc1ccccc1[N+](=O)[O-])C(=O)c1ccc(Cl)cc1. The Labute approximate surface area is 131 Å². The van der Waals surface area contributed by atoms with Crippen molar-refractivity contribution >= 4 is 34.8 Å². The van der Waals surface area contributed by atoms with Crippen LogP contribution in [0.4, 0.5) is 5.69 Å². The van der Waals surface area contributed by atoms with Crippen LogP contribution in [-0.2, 0) is 0 Å². The van der Waals surface area contributed by atoms with Gasteiger partial charge in [0.2, 0.25) is 0 Å². The third-order valence-corrected chi connectivity index (χ3v) is 4.28. The molecule has 0 amide bonds. The highest BCUT2D eigenvalue weighted by atomic mass is 35.5. The van der Waals surface area contributed by atoms with Crippen LogP contribution in [0.15, 0.2) is 53.4 Å². The highest BCUT2D eigenvalue weighted by Gasteiger charge is 2.21. The van der Waals surface area contributed by atoms with Crippen LogP contribution >= 0.6 is 23.4 Å². The van der Waals surface area contributed by atoms with Crippen molar-refractivity contribution in [3.05, 3.63) is 69.2 Å². The molecule has 0 aliphatic heterocycles. The van der Waals surface area contributed by atoms with Gasteiger partial charge in [0.25, 0.3) is 5.69 Å². The Morgan fingerprint density at radius 3 is 2.43 bits per heavy atom. The second-order valence-electron chi connectivity index (χ2n) is 4.36. The number of halogens is 1. The van der Waals surface area contributed by atoms with Crippen molar-refractivity contribution < 1.29 is 9.72 Å². The number of nitro groups is 1. The van der Waals surface area contributed by atoms with Crippen LogP contribution in [0.2, 0.25) is 5.02 Å². The molecule has 0 aliphatic rings. The van der Waals surface area contributed by atoms with Crippen LogP contribution in [0.5, 0.6) is 0 Å². The molecule has 2 rings (SSSR count). The number of benzene rings is 2. The van der Waals surface area contributed by atoms with E-state index in [-0.39, 0.29) is 11.5 Å². The minimum atomic E-state index is -0.443. The zero-order valence-electron chi connectivity index (χ0n) is 11.2. The van der Waals surface area contributed by atoms with Crippen LogP contribution in [0, 0.1) is 10.1 Å². The van der Waals surface area contributed by atoms with E-state index in [1.165, 1.54) is 17.8 Å². The van der Waals surface area contributed by atoms with E-state index in [0.29, 0.717) is 15.5 Å². The Kier molecular flexibility index (Phi) is 4.98. The number of carbonyl (C=O) groups is 1. The number of Topliss-reactive ketones (excluding diaryl/α,β-unsaturated/α-hetero) is 1. The van der Waals surface area contributed by atoms with Gasteiger partial charge in [0.05, 0.1) is 15.1 Å². The van der Waals surface area contributed by atoms with E-state index in [0.717, 1.165) is 0 Å². The number of nitro benzene ring substituents is 1. The molecule has 4 nitrogen and oxygen atoms in total. The molecule has 6 heteroatoms. The summed E-state index contributed by atoms with van der Waals surface area (Å²) in [5.41, 5.74) is 0.552. The van der Waals surface area contributed by atoms with Crippen LogP contribution < -0.4 is 0 Å². The lowest BCUT2D eigenvalue weighted by atomic mass is 10.1. The predicted molar refractivity (Wildman–Crippen MR) is 84.2 cm³/mol. The lowest BCUT2D eigenvalue weighted by Crippen LogP contribution is -2.13. The molecule has 2 aromatic carbocycles. The summed E-state index contributed by atoms with van der Waals surface area (Å²) >= 11 is 6.97. The molecule has 0 radical (unpaired) electrons. The fourth-order valence-electron chi connectivity index (χ4n) is 1.80. The van der Waals surface area contributed by atoms with Gasteiger partial charge in [-0.15, -0.1) is 11.8 Å². The first-order valence-electron chi connectivity index (χ1n) is 6.19. The summed E-state index contributed by atoms with van der Waals surface area (Å²) in [6.45, 7) is 1.73. The molecular formula is C15H12ClNO3S. The smallest absolute Gasteiger partial charge is 0.282 e. The van der Waals surface area contributed by atoms with Gasteiger partial charge < -0.3 is 0 Å². The average Bonchev–Trinajstić information content (AvgIpc) is 2.47. The normalized spacial score (nSPS) is 11.9. The molecule has 21 heavy (non-hydrogen) atoms. The van der Waals surface area contributed by atoms with Crippen LogP contribution in [0.3, 0.4) is 0 Å². The molecule has 0 heterocycles. The Balaban J connectivity index is 2.18. The number of carbonyl (C=O) groups excluding carboxylic acids is 1. The Morgan fingerprint density at radius 2 is 1.81 bits per heavy atom. The Hall–Kier alpha value is -1.85. The molecule has 0 aliphatic carbocycles. The van der Waals surface area contributed by atoms with Crippen molar-refractivity contribution in [1.29, 1.82) is 0 Å². The summed E-state index contributed by atoms with van der Waals surface area (Å²) in [6.07, 6.45) is 0. The summed E-state index contributed by atoms with van der Waals surface area (Å²) in [4.78, 5) is 23.3. The zero-order valence-corrected chi connectivity index (χ0v) is 12.7. The second-order valence-corrected chi connectivity index (χ2v) is 6.18. The maximum Gasteiger partial charge on any atom is 0.282 e. The van der Waals surface area contributed by atoms with E-state index in [9.17, 15) is 14.9 Å². The number of ketones is 1. The van der Waals surface area contributed by atoms with Crippen molar-refractivity contribution in [2.45, 2.75) is 17.1 Å². The number of hydrogen-bond donors (Lipinski definition) is 0. The summed E-state index contributed by atoms with van der Waals surface area (Å²) < 4.78 is 0. The predicted octanol–water partition coefficient (Wildman–Crippen LogP) is 4.61. The molecule has 0 saturated heterocycles. The minimum Gasteiger partial charge on any atom is -0.293 e. The molecule has 0 aromatic heterocycles. The van der Waals surface area contributed by atoms with Gasteiger partial charge in [-0.2, -0.15) is 0 Å². The molecule has 1 atom stereocenters. The molecule has 0 saturated carbocycles. The van der Waals surface area contributed by atoms with Gasteiger partial charge in [0, 0.05) is 16.7 Å². The van der Waals surface area contributed by atoms with Crippen LogP contribution in [0.25, 0.3) is 0 Å². The minimum absolute atomic E-state index is 0.0123. The third kappa shape index (κ3) is 3.83. The highest BCUT2D eigenvalue weighted by molar-refractivity contribution is 8.00. The van der Waals surface area contributed by atoms with Crippen molar-refractivity contribution in [2.24, 2.45) is 0 Å². The van der Waals surface area contributed by atoms with Gasteiger partial charge >= 0.3 is 0 Å². The maximum atomic E-state index is 12.3. The van der Waals surface area contributed by atoms with Gasteiger partial charge in [-0.3, -0.25) is 14.9 Å². The monoisotopic (exact) mass is 321 g/mol. The maximum absolute atomic E-state index is 12.3. The van der Waals surface area contributed by atoms with Crippen LogP contribution in [-0.4, -0.2) is 16.0 Å². The fourth-order valence-corrected chi connectivity index (χ4v) is 2.97. The van der Waals surface area contributed by atoms with Crippen molar-refractivity contribution in [3.8, 4) is 0 Å². The van der Waals surface area contributed by atoms with Gasteiger partial charge in [0.15, 0.2) is 5.78 Å². The highest BCUT2D eigenvalue weighted by Crippen LogP contribution is 2.33. The first-order chi connectivity index (χ1) is 9.99. The summed E-state index contributed by atoms with van der Waals surface area (Å²) in [6, 6.07) is 13.0. The first-order valence-corrected chi connectivity index (χ1v) is 7.44. The van der Waals surface area contributed by atoms with E-state index in [1.807, 2.05) is 0 Å². The standard InChI is InChI=1S/C15H12ClNO3S/c1-10(15(18)11-6-8-12(16)9-7-11)21-14-5-3-2-4-13(14)17(19)20/h2-10H,1H3. The van der Waals surface area contributed by atoms with Crippen molar-refractivity contribution in [3.63, 3.8) is 0 Å².